The van der Waals surface area contributed by atoms with Crippen molar-refractivity contribution in [3.05, 3.63) is 23.7 Å². The number of nitrogens with one attached hydrogen (secondary N) is 1. The first-order chi connectivity index (χ1) is 8.52. The summed E-state index contributed by atoms with van der Waals surface area (Å²) in [5.41, 5.74) is -0.504. The average Bonchev–Trinajstić information content (AvgIpc) is 2.95. The van der Waals surface area contributed by atoms with Crippen LogP contribution >= 0.6 is 0 Å². The Kier molecular flexibility index (Phi) is 3.38. The minimum Gasteiger partial charge on any atom is -0.478 e. The molecule has 6 heteroatoms. The summed E-state index contributed by atoms with van der Waals surface area (Å²) in [7, 11) is 0. The van der Waals surface area contributed by atoms with Crippen molar-refractivity contribution in [3.8, 4) is 0 Å². The van der Waals surface area contributed by atoms with Crippen molar-refractivity contribution >= 4 is 11.9 Å². The van der Waals surface area contributed by atoms with Crippen molar-refractivity contribution in [2.45, 2.75) is 25.4 Å². The number of hydrogen-bond donors (Lipinski definition) is 2. The fourth-order valence-electron chi connectivity index (χ4n) is 1.98. The lowest BCUT2D eigenvalue weighted by Crippen LogP contribution is -2.40. The molecule has 0 bridgehead atoms. The zero-order valence-electron chi connectivity index (χ0n) is 10.1. The van der Waals surface area contributed by atoms with Gasteiger partial charge in [0.05, 0.1) is 11.9 Å². The third kappa shape index (κ3) is 2.53. The number of carboxylic acids is 1. The molecule has 1 unspecified atom stereocenters. The summed E-state index contributed by atoms with van der Waals surface area (Å²) < 4.78 is 10.4. The van der Waals surface area contributed by atoms with Crippen LogP contribution in [-0.4, -0.2) is 35.7 Å². The van der Waals surface area contributed by atoms with Crippen molar-refractivity contribution in [3.63, 3.8) is 0 Å². The first-order valence-electron chi connectivity index (χ1n) is 5.75. The molecule has 0 aliphatic carbocycles. The van der Waals surface area contributed by atoms with E-state index < -0.39 is 11.9 Å². The van der Waals surface area contributed by atoms with Gasteiger partial charge < -0.3 is 19.6 Å². The SMILES string of the molecule is CC1(CNC(=O)c2occc2C(=O)O)CCCO1. The summed E-state index contributed by atoms with van der Waals surface area (Å²) in [6.45, 7) is 2.94. The van der Waals surface area contributed by atoms with Crippen molar-refractivity contribution in [1.29, 1.82) is 0 Å². The fourth-order valence-corrected chi connectivity index (χ4v) is 1.98. The van der Waals surface area contributed by atoms with Gasteiger partial charge in [-0.3, -0.25) is 4.79 Å². The minimum atomic E-state index is -1.18. The number of carboxylic acid groups (broad SMARTS) is 1. The molecule has 1 fully saturated rings. The standard InChI is InChI=1S/C12H15NO5/c1-12(4-2-5-18-12)7-13-10(14)9-8(11(15)16)3-6-17-9/h3,6H,2,4-5,7H2,1H3,(H,13,14)(H,15,16). The van der Waals surface area contributed by atoms with Crippen LogP contribution in [0.5, 0.6) is 0 Å². The number of hydrogen-bond acceptors (Lipinski definition) is 4. The lowest BCUT2D eigenvalue weighted by molar-refractivity contribution is 0.0203. The molecule has 2 heterocycles. The van der Waals surface area contributed by atoms with Gasteiger partial charge in [-0.05, 0) is 25.8 Å². The molecule has 98 valence electrons. The van der Waals surface area contributed by atoms with Gasteiger partial charge in [-0.2, -0.15) is 0 Å². The Hall–Kier alpha value is -1.82. The van der Waals surface area contributed by atoms with Gasteiger partial charge in [0.1, 0.15) is 5.56 Å². The third-order valence-corrected chi connectivity index (χ3v) is 3.03. The number of carbonyl (C=O) groups excluding carboxylic acids is 1. The van der Waals surface area contributed by atoms with Crippen LogP contribution < -0.4 is 5.32 Å². The molecule has 1 aliphatic heterocycles. The van der Waals surface area contributed by atoms with Gasteiger partial charge in [0, 0.05) is 13.2 Å². The number of carbonyl (C=O) groups is 2. The van der Waals surface area contributed by atoms with E-state index in [1.807, 2.05) is 6.92 Å². The minimum absolute atomic E-state index is 0.134. The fraction of sp³-hybridized carbons (Fsp3) is 0.500. The van der Waals surface area contributed by atoms with E-state index in [1.54, 1.807) is 0 Å². The highest BCUT2D eigenvalue weighted by atomic mass is 16.5. The van der Waals surface area contributed by atoms with Crippen LogP contribution in [0.15, 0.2) is 16.7 Å². The van der Waals surface area contributed by atoms with Crippen LogP contribution in [0.2, 0.25) is 0 Å². The second-order valence-corrected chi connectivity index (χ2v) is 4.55. The number of furan rings is 1. The third-order valence-electron chi connectivity index (χ3n) is 3.03. The predicted octanol–water partition coefficient (Wildman–Crippen LogP) is 1.28. The quantitative estimate of drug-likeness (QED) is 0.843. The molecule has 1 aromatic heterocycles. The van der Waals surface area contributed by atoms with Crippen molar-refractivity contribution in [2.24, 2.45) is 0 Å². The zero-order valence-corrected chi connectivity index (χ0v) is 10.1. The van der Waals surface area contributed by atoms with Gasteiger partial charge in [0.2, 0.25) is 5.76 Å². The largest absolute Gasteiger partial charge is 0.478 e. The monoisotopic (exact) mass is 253 g/mol. The molecule has 2 N–H and O–H groups in total. The van der Waals surface area contributed by atoms with Gasteiger partial charge in [-0.15, -0.1) is 0 Å². The number of aromatic carboxylic acids is 1. The van der Waals surface area contributed by atoms with E-state index in [2.05, 4.69) is 5.32 Å². The van der Waals surface area contributed by atoms with Crippen LogP contribution in [-0.2, 0) is 4.74 Å². The van der Waals surface area contributed by atoms with E-state index in [0.717, 1.165) is 12.8 Å². The van der Waals surface area contributed by atoms with Crippen LogP contribution in [0, 0.1) is 0 Å². The highest BCUT2D eigenvalue weighted by Crippen LogP contribution is 2.24. The summed E-state index contributed by atoms with van der Waals surface area (Å²) in [6, 6.07) is 1.25. The maximum Gasteiger partial charge on any atom is 0.339 e. The summed E-state index contributed by atoms with van der Waals surface area (Å²) in [4.78, 5) is 22.7. The van der Waals surface area contributed by atoms with E-state index in [9.17, 15) is 9.59 Å². The Morgan fingerprint density at radius 3 is 2.94 bits per heavy atom. The van der Waals surface area contributed by atoms with Gasteiger partial charge in [-0.25, -0.2) is 4.79 Å². The van der Waals surface area contributed by atoms with Crippen molar-refractivity contribution in [1.82, 2.24) is 5.32 Å². The summed E-state index contributed by atoms with van der Waals surface area (Å²) in [6.07, 6.45) is 3.02. The number of ether oxygens (including phenoxy) is 1. The lowest BCUT2D eigenvalue weighted by Gasteiger charge is -2.23. The Morgan fingerprint density at radius 2 is 2.33 bits per heavy atom. The second-order valence-electron chi connectivity index (χ2n) is 4.55. The molecule has 1 aliphatic rings. The molecule has 0 radical (unpaired) electrons. The first-order valence-corrected chi connectivity index (χ1v) is 5.75. The summed E-state index contributed by atoms with van der Waals surface area (Å²) >= 11 is 0. The molecule has 0 spiro atoms. The Bertz CT molecular complexity index is 459. The topological polar surface area (TPSA) is 88.8 Å². The average molecular weight is 253 g/mol. The highest BCUT2D eigenvalue weighted by Gasteiger charge is 2.31. The van der Waals surface area contributed by atoms with Gasteiger partial charge in [0.15, 0.2) is 0 Å². The van der Waals surface area contributed by atoms with Crippen LogP contribution in [0.4, 0.5) is 0 Å². The first kappa shape index (κ1) is 12.6. The number of amides is 1. The molecule has 0 saturated carbocycles. The van der Waals surface area contributed by atoms with E-state index in [4.69, 9.17) is 14.3 Å². The molecule has 0 aromatic carbocycles. The second kappa shape index (κ2) is 4.81. The molecule has 1 amide bonds. The molecular formula is C12H15NO5. The molecule has 1 saturated heterocycles. The Labute approximate surface area is 104 Å². The molecule has 6 nitrogen and oxygen atoms in total. The molecule has 1 atom stereocenters. The maximum atomic E-state index is 11.8. The summed E-state index contributed by atoms with van der Waals surface area (Å²) in [5.74, 6) is -1.89. The molecule has 18 heavy (non-hydrogen) atoms. The Balaban J connectivity index is 1.99. The van der Waals surface area contributed by atoms with Crippen LogP contribution in [0.1, 0.15) is 40.7 Å². The Morgan fingerprint density at radius 1 is 1.56 bits per heavy atom. The van der Waals surface area contributed by atoms with E-state index in [-0.39, 0.29) is 16.9 Å². The van der Waals surface area contributed by atoms with Crippen molar-refractivity contribution < 1.29 is 23.8 Å². The molecule has 2 rings (SSSR count). The van der Waals surface area contributed by atoms with Crippen molar-refractivity contribution in [2.75, 3.05) is 13.2 Å². The van der Waals surface area contributed by atoms with Gasteiger partial charge in [-0.1, -0.05) is 0 Å². The van der Waals surface area contributed by atoms with E-state index in [0.29, 0.717) is 13.2 Å². The maximum absolute atomic E-state index is 11.8. The normalized spacial score (nSPS) is 22.9. The number of rotatable bonds is 4. The van der Waals surface area contributed by atoms with Gasteiger partial charge >= 0.3 is 5.97 Å². The molecular weight excluding hydrogens is 238 g/mol. The summed E-state index contributed by atoms with van der Waals surface area (Å²) in [5, 5.41) is 11.5. The van der Waals surface area contributed by atoms with Crippen LogP contribution in [0.25, 0.3) is 0 Å². The van der Waals surface area contributed by atoms with E-state index >= 15 is 0 Å². The van der Waals surface area contributed by atoms with E-state index in [1.165, 1.54) is 12.3 Å². The van der Waals surface area contributed by atoms with Gasteiger partial charge in [0.25, 0.3) is 5.91 Å². The predicted molar refractivity (Wildman–Crippen MR) is 61.6 cm³/mol. The lowest BCUT2D eigenvalue weighted by atomic mass is 10.0. The molecule has 1 aromatic rings. The highest BCUT2D eigenvalue weighted by molar-refractivity contribution is 6.02. The zero-order chi connectivity index (χ0) is 13.2. The van der Waals surface area contributed by atoms with Crippen LogP contribution in [0.3, 0.4) is 0 Å². The smallest absolute Gasteiger partial charge is 0.339 e.